The summed E-state index contributed by atoms with van der Waals surface area (Å²) in [5.74, 6) is 1.90. The molecule has 0 atom stereocenters. The molecular weight excluding hydrogens is 362 g/mol. The van der Waals surface area contributed by atoms with Crippen molar-refractivity contribution in [2.24, 2.45) is 0 Å². The lowest BCUT2D eigenvalue weighted by Crippen LogP contribution is -2.52. The van der Waals surface area contributed by atoms with Crippen LogP contribution in [0.4, 0.5) is 0 Å². The van der Waals surface area contributed by atoms with Gasteiger partial charge in [-0.05, 0) is 16.4 Å². The number of nitrogens with zero attached hydrogens (tertiary/aromatic N) is 1. The van der Waals surface area contributed by atoms with Crippen LogP contribution in [-0.4, -0.2) is 21.1 Å². The van der Waals surface area contributed by atoms with Crippen LogP contribution in [-0.2, 0) is 0 Å². The number of para-hydroxylation sites is 1. The van der Waals surface area contributed by atoms with Gasteiger partial charge in [0.15, 0.2) is 0 Å². The van der Waals surface area contributed by atoms with Crippen LogP contribution in [0.5, 0.6) is 11.6 Å². The molecule has 148 valence electrons. The van der Waals surface area contributed by atoms with Gasteiger partial charge in [0.05, 0.1) is 16.1 Å². The van der Waals surface area contributed by atoms with E-state index in [4.69, 9.17) is 4.74 Å². The third-order valence-electron chi connectivity index (χ3n) is 7.06. The van der Waals surface area contributed by atoms with Gasteiger partial charge in [-0.3, -0.25) is 0 Å². The Morgan fingerprint density at radius 3 is 1.52 bits per heavy atom. The van der Waals surface area contributed by atoms with Crippen molar-refractivity contribution in [2.75, 3.05) is 0 Å². The van der Waals surface area contributed by atoms with E-state index in [0.29, 0.717) is 0 Å². The van der Waals surface area contributed by atoms with Crippen LogP contribution in [0.1, 0.15) is 41.5 Å². The summed E-state index contributed by atoms with van der Waals surface area (Å²) in [5.41, 5.74) is 0. The first kappa shape index (κ1) is 21.9. The third-order valence-corrected chi connectivity index (χ3v) is 18.3. The lowest BCUT2D eigenvalue weighted by Gasteiger charge is -2.36. The van der Waals surface area contributed by atoms with E-state index in [1.165, 1.54) is 52.4 Å². The molecule has 0 fully saturated rings. The minimum absolute atomic E-state index is 0.726. The molecule has 0 radical (unpaired) electrons. The quantitative estimate of drug-likeness (QED) is 0.437. The Kier molecular flexibility index (Phi) is 7.86. The molecule has 0 amide bonds. The van der Waals surface area contributed by atoms with E-state index in [-0.39, 0.29) is 0 Å². The van der Waals surface area contributed by atoms with E-state index in [9.17, 15) is 0 Å². The maximum atomic E-state index is 6.62. The molecule has 0 bridgehead atoms. The van der Waals surface area contributed by atoms with Gasteiger partial charge in [0.25, 0.3) is 0 Å². The summed E-state index contributed by atoms with van der Waals surface area (Å²) in [5, 5.41) is 3.04. The Bertz CT molecular complexity index is 655. The van der Waals surface area contributed by atoms with Gasteiger partial charge in [-0.25, -0.2) is 4.98 Å². The summed E-state index contributed by atoms with van der Waals surface area (Å²) in [6.45, 7) is 14.3. The Hall–Kier alpha value is -1.40. The zero-order valence-corrected chi connectivity index (χ0v) is 20.1. The van der Waals surface area contributed by atoms with Gasteiger partial charge >= 0.3 is 0 Å². The van der Waals surface area contributed by atoms with Crippen LogP contribution in [0.3, 0.4) is 0 Å². The molecule has 0 N–H and O–H groups in total. The maximum absolute atomic E-state index is 6.62. The predicted octanol–water partition coefficient (Wildman–Crippen LogP) is 6.30. The highest BCUT2D eigenvalue weighted by atomic mass is 28.3. The molecule has 27 heavy (non-hydrogen) atoms. The van der Waals surface area contributed by atoms with Gasteiger partial charge in [0.2, 0.25) is 5.88 Å². The van der Waals surface area contributed by atoms with Crippen LogP contribution in [0.25, 0.3) is 0 Å². The predicted molar refractivity (Wildman–Crippen MR) is 124 cm³/mol. The average Bonchev–Trinajstić information content (AvgIpc) is 2.73. The molecule has 1 aromatic carbocycles. The smallest absolute Gasteiger partial charge is 0.219 e. The number of rotatable bonds is 10. The van der Waals surface area contributed by atoms with Gasteiger partial charge in [0, 0.05) is 12.3 Å². The Morgan fingerprint density at radius 1 is 0.667 bits per heavy atom. The van der Waals surface area contributed by atoms with E-state index in [1.807, 2.05) is 24.4 Å². The third kappa shape index (κ3) is 4.22. The Balaban J connectivity index is 2.76. The van der Waals surface area contributed by atoms with E-state index in [1.54, 1.807) is 0 Å². The Labute approximate surface area is 168 Å². The lowest BCUT2D eigenvalue weighted by atomic mass is 10.3. The second kappa shape index (κ2) is 9.69. The number of aromatic nitrogens is 1. The molecule has 2 rings (SSSR count). The molecule has 4 heteroatoms. The summed E-state index contributed by atoms with van der Waals surface area (Å²) in [6, 6.07) is 20.6. The van der Waals surface area contributed by atoms with Crippen LogP contribution in [0.15, 0.2) is 42.6 Å². The van der Waals surface area contributed by atoms with Crippen LogP contribution >= 0.6 is 0 Å². The average molecular weight is 400 g/mol. The summed E-state index contributed by atoms with van der Waals surface area (Å²) >= 11 is 0. The monoisotopic (exact) mass is 399 g/mol. The second-order valence-corrected chi connectivity index (χ2v) is 18.1. The fourth-order valence-corrected chi connectivity index (χ4v) is 12.3. The topological polar surface area (TPSA) is 22.1 Å². The zero-order chi connectivity index (χ0) is 19.9. The molecule has 0 aliphatic heterocycles. The number of pyridine rings is 1. The SMILES string of the molecule is CC[Si](CC)(CC)c1cccc([Si](CC)(CC)CC)c1Oc1ccccn1. The van der Waals surface area contributed by atoms with Crippen molar-refractivity contribution in [1.82, 2.24) is 4.98 Å². The molecule has 1 heterocycles. The van der Waals surface area contributed by atoms with Crippen molar-refractivity contribution >= 4 is 26.5 Å². The van der Waals surface area contributed by atoms with E-state index >= 15 is 0 Å². The van der Waals surface area contributed by atoms with E-state index in [2.05, 4.69) is 64.7 Å². The molecule has 0 saturated carbocycles. The molecular formula is C23H37NOSi2. The zero-order valence-electron chi connectivity index (χ0n) is 18.1. The van der Waals surface area contributed by atoms with Crippen LogP contribution < -0.4 is 15.1 Å². The number of benzene rings is 1. The van der Waals surface area contributed by atoms with E-state index < -0.39 is 16.1 Å². The normalized spacial score (nSPS) is 12.2. The fourth-order valence-electron chi connectivity index (χ4n) is 4.64. The van der Waals surface area contributed by atoms with Gasteiger partial charge in [0.1, 0.15) is 5.75 Å². The molecule has 0 spiro atoms. The number of ether oxygens (including phenoxy) is 1. The number of hydrogen-bond acceptors (Lipinski definition) is 2. The van der Waals surface area contributed by atoms with Crippen LogP contribution in [0.2, 0.25) is 36.3 Å². The highest BCUT2D eigenvalue weighted by molar-refractivity contribution is 6.95. The first-order valence-electron chi connectivity index (χ1n) is 10.8. The van der Waals surface area contributed by atoms with E-state index in [0.717, 1.165) is 5.88 Å². The Morgan fingerprint density at radius 2 is 1.15 bits per heavy atom. The summed E-state index contributed by atoms with van der Waals surface area (Å²) < 4.78 is 6.62. The molecule has 0 aliphatic carbocycles. The summed E-state index contributed by atoms with van der Waals surface area (Å²) in [7, 11) is -3.14. The first-order chi connectivity index (χ1) is 13.1. The summed E-state index contributed by atoms with van der Waals surface area (Å²) in [6.07, 6.45) is 1.83. The minimum Gasteiger partial charge on any atom is -0.439 e. The summed E-state index contributed by atoms with van der Waals surface area (Å²) in [4.78, 5) is 4.48. The van der Waals surface area contributed by atoms with Crippen molar-refractivity contribution in [2.45, 2.75) is 77.8 Å². The van der Waals surface area contributed by atoms with Crippen molar-refractivity contribution in [3.05, 3.63) is 42.6 Å². The minimum atomic E-state index is -1.57. The van der Waals surface area contributed by atoms with Crippen LogP contribution in [0, 0.1) is 0 Å². The molecule has 0 unspecified atom stereocenters. The van der Waals surface area contributed by atoms with Crippen molar-refractivity contribution < 1.29 is 4.74 Å². The van der Waals surface area contributed by atoms with Crippen molar-refractivity contribution in [3.8, 4) is 11.6 Å². The number of hydrogen-bond donors (Lipinski definition) is 0. The second-order valence-electron chi connectivity index (χ2n) is 7.63. The highest BCUT2D eigenvalue weighted by Crippen LogP contribution is 2.30. The van der Waals surface area contributed by atoms with Gasteiger partial charge in [-0.2, -0.15) is 0 Å². The van der Waals surface area contributed by atoms with Gasteiger partial charge < -0.3 is 4.74 Å². The first-order valence-corrected chi connectivity index (χ1v) is 16.0. The van der Waals surface area contributed by atoms with Gasteiger partial charge in [-0.15, -0.1) is 0 Å². The fraction of sp³-hybridized carbons (Fsp3) is 0.522. The lowest BCUT2D eigenvalue weighted by molar-refractivity contribution is 0.469. The van der Waals surface area contributed by atoms with Crippen molar-refractivity contribution in [3.63, 3.8) is 0 Å². The highest BCUT2D eigenvalue weighted by Gasteiger charge is 2.38. The van der Waals surface area contributed by atoms with Crippen molar-refractivity contribution in [1.29, 1.82) is 0 Å². The molecule has 2 nitrogen and oxygen atoms in total. The standard InChI is InChI=1S/C23H37NOSi2/c1-7-26(8-2,9-3)20-16-15-17-21(27(10-4,11-5)12-6)23(20)25-22-18-13-14-19-24-22/h13-19H,7-12H2,1-6H3. The molecule has 0 aliphatic rings. The molecule has 2 aromatic rings. The molecule has 0 saturated heterocycles. The van der Waals surface area contributed by atoms with Gasteiger partial charge in [-0.1, -0.05) is 102 Å². The maximum Gasteiger partial charge on any atom is 0.219 e. The molecule has 1 aromatic heterocycles. The largest absolute Gasteiger partial charge is 0.439 e.